The van der Waals surface area contributed by atoms with E-state index < -0.39 is 17.7 Å². The molecule has 6 nitrogen and oxygen atoms in total. The molecule has 174 valence electrons. The summed E-state index contributed by atoms with van der Waals surface area (Å²) in [5.41, 5.74) is 1.94. The van der Waals surface area contributed by atoms with Crippen molar-refractivity contribution in [1.82, 2.24) is 4.90 Å². The van der Waals surface area contributed by atoms with Gasteiger partial charge in [-0.3, -0.25) is 9.59 Å². The average molecular weight is 478 g/mol. The summed E-state index contributed by atoms with van der Waals surface area (Å²) in [6.07, 6.45) is 0.528. The van der Waals surface area contributed by atoms with E-state index in [0.717, 1.165) is 16.9 Å². The van der Waals surface area contributed by atoms with E-state index in [1.807, 2.05) is 54.6 Å². The van der Waals surface area contributed by atoms with Crippen molar-refractivity contribution in [2.75, 3.05) is 20.8 Å². The average Bonchev–Trinajstić information content (AvgIpc) is 3.13. The van der Waals surface area contributed by atoms with Crippen LogP contribution >= 0.6 is 11.6 Å². The Hall–Kier alpha value is -3.77. The minimum absolute atomic E-state index is 0.00100. The minimum atomic E-state index is -0.750. The number of benzene rings is 3. The molecule has 1 saturated heterocycles. The number of carbonyl (C=O) groups excluding carboxylic acids is 2. The predicted octanol–water partition coefficient (Wildman–Crippen LogP) is 5.02. The minimum Gasteiger partial charge on any atom is -0.507 e. The molecule has 4 rings (SSSR count). The quantitative estimate of drug-likeness (QED) is 0.294. The van der Waals surface area contributed by atoms with Crippen molar-refractivity contribution in [1.29, 1.82) is 0 Å². The van der Waals surface area contributed by atoms with Crippen LogP contribution in [0.5, 0.6) is 11.5 Å². The zero-order valence-corrected chi connectivity index (χ0v) is 19.6. The lowest BCUT2D eigenvalue weighted by Crippen LogP contribution is -2.31. The van der Waals surface area contributed by atoms with Crippen LogP contribution in [-0.2, 0) is 16.0 Å². The van der Waals surface area contributed by atoms with Crippen molar-refractivity contribution in [3.05, 3.63) is 100 Å². The van der Waals surface area contributed by atoms with Gasteiger partial charge in [0.05, 0.1) is 30.9 Å². The van der Waals surface area contributed by atoms with Crippen LogP contribution in [0.3, 0.4) is 0 Å². The van der Waals surface area contributed by atoms with Crippen LogP contribution in [0.2, 0.25) is 5.02 Å². The van der Waals surface area contributed by atoms with E-state index in [4.69, 9.17) is 21.1 Å². The number of ketones is 1. The Kier molecular flexibility index (Phi) is 6.89. The van der Waals surface area contributed by atoms with Crippen LogP contribution in [0.1, 0.15) is 22.7 Å². The predicted molar refractivity (Wildman–Crippen MR) is 130 cm³/mol. The molecule has 1 heterocycles. The van der Waals surface area contributed by atoms with E-state index in [-0.39, 0.29) is 21.9 Å². The number of hydrogen-bond donors (Lipinski definition) is 1. The van der Waals surface area contributed by atoms with Crippen LogP contribution in [0, 0.1) is 0 Å². The third-order valence-corrected chi connectivity index (χ3v) is 6.21. The Morgan fingerprint density at radius 3 is 2.24 bits per heavy atom. The molecule has 0 spiro atoms. The van der Waals surface area contributed by atoms with E-state index >= 15 is 0 Å². The molecule has 1 aliphatic heterocycles. The van der Waals surface area contributed by atoms with Gasteiger partial charge in [0.2, 0.25) is 0 Å². The highest BCUT2D eigenvalue weighted by Crippen LogP contribution is 2.41. The summed E-state index contributed by atoms with van der Waals surface area (Å²) in [5.74, 6) is -0.537. The second kappa shape index (κ2) is 10.0. The third kappa shape index (κ3) is 4.50. The van der Waals surface area contributed by atoms with Gasteiger partial charge in [-0.1, -0.05) is 54.1 Å². The van der Waals surface area contributed by atoms with Crippen LogP contribution in [0.15, 0.2) is 78.4 Å². The van der Waals surface area contributed by atoms with Gasteiger partial charge in [0, 0.05) is 12.1 Å². The lowest BCUT2D eigenvalue weighted by Gasteiger charge is -2.25. The van der Waals surface area contributed by atoms with Crippen LogP contribution in [-0.4, -0.2) is 42.5 Å². The van der Waals surface area contributed by atoms with Crippen molar-refractivity contribution < 1.29 is 24.2 Å². The number of aliphatic hydroxyl groups excluding tert-OH is 1. The molecule has 0 aromatic heterocycles. The summed E-state index contributed by atoms with van der Waals surface area (Å²) >= 11 is 6.34. The van der Waals surface area contributed by atoms with Crippen molar-refractivity contribution >= 4 is 29.1 Å². The highest BCUT2D eigenvalue weighted by atomic mass is 35.5. The Morgan fingerprint density at radius 2 is 1.59 bits per heavy atom. The number of halogens is 1. The van der Waals surface area contributed by atoms with Gasteiger partial charge in [-0.2, -0.15) is 0 Å². The molecule has 1 amide bonds. The SMILES string of the molecule is COc1ccc(CCN2C(=O)C(=O)/C(=C(/O)c3cc(OC)ccc3Cl)C2c2ccccc2)cc1. The number of ether oxygens (including phenoxy) is 2. The Bertz CT molecular complexity index is 1240. The lowest BCUT2D eigenvalue weighted by molar-refractivity contribution is -0.139. The number of likely N-dealkylation sites (tertiary alicyclic amines) is 1. The number of nitrogens with zero attached hydrogens (tertiary/aromatic N) is 1. The molecule has 1 unspecified atom stereocenters. The fourth-order valence-electron chi connectivity index (χ4n) is 4.09. The van der Waals surface area contributed by atoms with Gasteiger partial charge < -0.3 is 19.5 Å². The molecule has 7 heteroatoms. The number of amides is 1. The molecule has 0 bridgehead atoms. The van der Waals surface area contributed by atoms with Crippen molar-refractivity contribution in [2.45, 2.75) is 12.5 Å². The highest BCUT2D eigenvalue weighted by molar-refractivity contribution is 6.47. The number of rotatable bonds is 7. The molecule has 3 aromatic rings. The van der Waals surface area contributed by atoms with E-state index in [1.165, 1.54) is 12.0 Å². The molecule has 1 fully saturated rings. The monoisotopic (exact) mass is 477 g/mol. The summed E-state index contributed by atoms with van der Waals surface area (Å²) in [6, 6.07) is 20.7. The topological polar surface area (TPSA) is 76.1 Å². The van der Waals surface area contributed by atoms with Gasteiger partial charge in [0.25, 0.3) is 11.7 Å². The molecule has 34 heavy (non-hydrogen) atoms. The molecule has 0 aliphatic carbocycles. The largest absolute Gasteiger partial charge is 0.507 e. The summed E-state index contributed by atoms with van der Waals surface area (Å²) in [7, 11) is 3.10. The second-order valence-electron chi connectivity index (χ2n) is 7.85. The number of Topliss-reactive ketones (excluding diaryl/α,β-unsaturated/α-hetero) is 1. The molecular weight excluding hydrogens is 454 g/mol. The fraction of sp³-hybridized carbons (Fsp3) is 0.185. The summed E-state index contributed by atoms with van der Waals surface area (Å²) < 4.78 is 10.4. The third-order valence-electron chi connectivity index (χ3n) is 5.88. The van der Waals surface area contributed by atoms with Gasteiger partial charge in [-0.05, 0) is 47.9 Å². The first-order valence-corrected chi connectivity index (χ1v) is 11.1. The number of aliphatic hydroxyl groups is 1. The smallest absolute Gasteiger partial charge is 0.295 e. The van der Waals surface area contributed by atoms with Gasteiger partial charge >= 0.3 is 0 Å². The fourth-order valence-corrected chi connectivity index (χ4v) is 4.30. The normalized spacial score (nSPS) is 17.1. The molecular formula is C27H24ClNO5. The Labute approximate surface area is 203 Å². The summed E-state index contributed by atoms with van der Waals surface area (Å²) in [5, 5.41) is 11.5. The molecule has 1 aliphatic rings. The number of hydrogen-bond acceptors (Lipinski definition) is 5. The van der Waals surface area contributed by atoms with Crippen LogP contribution in [0.25, 0.3) is 5.76 Å². The van der Waals surface area contributed by atoms with Gasteiger partial charge in [-0.15, -0.1) is 0 Å². The van der Waals surface area contributed by atoms with E-state index in [0.29, 0.717) is 18.7 Å². The van der Waals surface area contributed by atoms with Gasteiger partial charge in [0.1, 0.15) is 17.3 Å². The Balaban J connectivity index is 1.76. The van der Waals surface area contributed by atoms with E-state index in [1.54, 1.807) is 25.3 Å². The molecule has 1 N–H and O–H groups in total. The number of carbonyl (C=O) groups is 2. The second-order valence-corrected chi connectivity index (χ2v) is 8.25. The maximum Gasteiger partial charge on any atom is 0.295 e. The summed E-state index contributed by atoms with van der Waals surface area (Å²) in [4.78, 5) is 27.8. The van der Waals surface area contributed by atoms with E-state index in [2.05, 4.69) is 0 Å². The van der Waals surface area contributed by atoms with Crippen LogP contribution < -0.4 is 9.47 Å². The molecule has 0 saturated carbocycles. The summed E-state index contributed by atoms with van der Waals surface area (Å²) in [6.45, 7) is 0.291. The van der Waals surface area contributed by atoms with Gasteiger partial charge in [0.15, 0.2) is 0 Å². The number of methoxy groups -OCH3 is 2. The first-order valence-electron chi connectivity index (χ1n) is 10.7. The van der Waals surface area contributed by atoms with Gasteiger partial charge in [-0.25, -0.2) is 0 Å². The maximum atomic E-state index is 13.2. The molecule has 0 radical (unpaired) electrons. The first-order chi connectivity index (χ1) is 16.4. The lowest BCUT2D eigenvalue weighted by atomic mass is 9.95. The van der Waals surface area contributed by atoms with Crippen LogP contribution in [0.4, 0.5) is 0 Å². The van der Waals surface area contributed by atoms with Crippen molar-refractivity contribution in [3.8, 4) is 11.5 Å². The maximum absolute atomic E-state index is 13.2. The Morgan fingerprint density at radius 1 is 0.941 bits per heavy atom. The molecule has 3 aromatic carbocycles. The zero-order chi connectivity index (χ0) is 24.2. The van der Waals surface area contributed by atoms with Crippen molar-refractivity contribution in [3.63, 3.8) is 0 Å². The zero-order valence-electron chi connectivity index (χ0n) is 18.8. The highest BCUT2D eigenvalue weighted by Gasteiger charge is 2.46. The van der Waals surface area contributed by atoms with E-state index in [9.17, 15) is 14.7 Å². The van der Waals surface area contributed by atoms with Crippen molar-refractivity contribution in [2.24, 2.45) is 0 Å². The molecule has 1 atom stereocenters. The first kappa shape index (κ1) is 23.4. The standard InChI is InChI=1S/C27H24ClNO5/c1-33-19-10-8-17(9-11-19)14-15-29-24(18-6-4-3-5-7-18)23(26(31)27(29)32)25(30)21-16-20(34-2)12-13-22(21)28/h3-13,16,24,30H,14-15H2,1-2H3/b25-23+.